The summed E-state index contributed by atoms with van der Waals surface area (Å²) in [6, 6.07) is 1.92. The fourth-order valence-corrected chi connectivity index (χ4v) is 1.80. The first-order valence-electron chi connectivity index (χ1n) is 6.66. The van der Waals surface area contributed by atoms with Crippen LogP contribution in [0.1, 0.15) is 36.0 Å². The lowest BCUT2D eigenvalue weighted by molar-refractivity contribution is -0.386. The van der Waals surface area contributed by atoms with Crippen molar-refractivity contribution < 1.29 is 19.9 Å². The molecule has 1 aromatic rings. The number of unbranched alkanes of at least 4 members (excludes halogenated alkanes) is 3. The predicted octanol–water partition coefficient (Wildman–Crippen LogP) is 1.83. The maximum absolute atomic E-state index is 11.8. The summed E-state index contributed by atoms with van der Waals surface area (Å²) in [5.41, 5.74) is 4.59. The smallest absolute Gasteiger partial charge is 0.315 e. The van der Waals surface area contributed by atoms with Gasteiger partial charge in [-0.1, -0.05) is 12.8 Å². The molecule has 0 fully saturated rings. The number of aromatic hydroxyl groups is 2. The molecule has 0 aliphatic carbocycles. The van der Waals surface area contributed by atoms with Crippen molar-refractivity contribution >= 4 is 28.6 Å². The number of halogens is 1. The second-order valence-corrected chi connectivity index (χ2v) is 4.58. The van der Waals surface area contributed by atoms with Crippen LogP contribution >= 0.6 is 17.0 Å². The van der Waals surface area contributed by atoms with Crippen molar-refractivity contribution in [1.29, 1.82) is 0 Å². The normalized spacial score (nSPS) is 9.86. The summed E-state index contributed by atoms with van der Waals surface area (Å²) in [6.07, 6.45) is 3.63. The zero-order valence-corrected chi connectivity index (χ0v) is 13.7. The largest absolute Gasteiger partial charge is 0.504 e. The average Bonchev–Trinajstić information content (AvgIpc) is 2.44. The quantitative estimate of drug-likeness (QED) is 0.236. The Balaban J connectivity index is 0.00000441. The third-order valence-corrected chi connectivity index (χ3v) is 2.95. The molecule has 1 rings (SSSR count). The molecule has 1 amide bonds. The number of benzene rings is 1. The summed E-state index contributed by atoms with van der Waals surface area (Å²) in [7, 11) is 0. The van der Waals surface area contributed by atoms with Gasteiger partial charge in [-0.25, -0.2) is 0 Å². The number of phenols is 2. The van der Waals surface area contributed by atoms with E-state index in [-0.39, 0.29) is 22.5 Å². The van der Waals surface area contributed by atoms with Gasteiger partial charge in [0, 0.05) is 12.6 Å². The number of nitro groups is 1. The molecule has 0 spiro atoms. The maximum atomic E-state index is 11.8. The lowest BCUT2D eigenvalue weighted by Crippen LogP contribution is -2.24. The van der Waals surface area contributed by atoms with Crippen LogP contribution in [-0.2, 0) is 0 Å². The van der Waals surface area contributed by atoms with Crippen LogP contribution in [0.4, 0.5) is 5.69 Å². The number of nitro benzene ring substituents is 1. The SMILES string of the molecule is Br.NCCCCCCNC(=O)c1cc(O)c(O)c([N+](=O)[O-])c1. The topological polar surface area (TPSA) is 139 Å². The Bertz CT molecular complexity index is 525. The van der Waals surface area contributed by atoms with Crippen LogP contribution in [0.25, 0.3) is 0 Å². The minimum atomic E-state index is -0.862. The van der Waals surface area contributed by atoms with Gasteiger partial charge in [0.15, 0.2) is 5.75 Å². The third-order valence-electron chi connectivity index (χ3n) is 2.95. The van der Waals surface area contributed by atoms with E-state index in [1.54, 1.807) is 0 Å². The van der Waals surface area contributed by atoms with E-state index in [0.717, 1.165) is 37.8 Å². The molecule has 0 aliphatic rings. The van der Waals surface area contributed by atoms with Crippen LogP contribution in [0.5, 0.6) is 11.5 Å². The molecule has 22 heavy (non-hydrogen) atoms. The Morgan fingerprint density at radius 1 is 1.23 bits per heavy atom. The number of amides is 1. The summed E-state index contributed by atoms with van der Waals surface area (Å²) in [6.45, 7) is 1.07. The first-order valence-corrected chi connectivity index (χ1v) is 6.66. The molecular weight excluding hydrogens is 358 g/mol. The van der Waals surface area contributed by atoms with E-state index in [1.807, 2.05) is 0 Å². The number of nitrogens with two attached hydrogens (primary N) is 1. The monoisotopic (exact) mass is 377 g/mol. The highest BCUT2D eigenvalue weighted by molar-refractivity contribution is 8.93. The van der Waals surface area contributed by atoms with Gasteiger partial charge in [-0.15, -0.1) is 17.0 Å². The lowest BCUT2D eigenvalue weighted by atomic mass is 10.1. The Morgan fingerprint density at radius 3 is 2.45 bits per heavy atom. The van der Waals surface area contributed by atoms with Crippen molar-refractivity contribution in [3.8, 4) is 11.5 Å². The van der Waals surface area contributed by atoms with E-state index in [4.69, 9.17) is 5.73 Å². The Morgan fingerprint density at radius 2 is 1.86 bits per heavy atom. The van der Waals surface area contributed by atoms with E-state index in [2.05, 4.69) is 5.32 Å². The second-order valence-electron chi connectivity index (χ2n) is 4.58. The van der Waals surface area contributed by atoms with Crippen molar-refractivity contribution in [3.05, 3.63) is 27.8 Å². The van der Waals surface area contributed by atoms with Gasteiger partial charge < -0.3 is 21.3 Å². The molecule has 0 radical (unpaired) electrons. The molecule has 124 valence electrons. The first-order chi connectivity index (χ1) is 9.97. The Labute approximate surface area is 138 Å². The van der Waals surface area contributed by atoms with Crippen LogP contribution in [0.2, 0.25) is 0 Å². The molecule has 9 heteroatoms. The summed E-state index contributed by atoms with van der Waals surface area (Å²) >= 11 is 0. The molecule has 0 atom stereocenters. The summed E-state index contributed by atoms with van der Waals surface area (Å²) < 4.78 is 0. The van der Waals surface area contributed by atoms with Crippen molar-refractivity contribution in [3.63, 3.8) is 0 Å². The van der Waals surface area contributed by atoms with Gasteiger partial charge in [0.25, 0.3) is 5.91 Å². The van der Waals surface area contributed by atoms with Crippen LogP contribution in [-0.4, -0.2) is 34.1 Å². The number of carbonyl (C=O) groups is 1. The maximum Gasteiger partial charge on any atom is 0.315 e. The van der Waals surface area contributed by atoms with Gasteiger partial charge in [0.05, 0.1) is 10.5 Å². The molecule has 0 saturated heterocycles. The number of carbonyl (C=O) groups excluding carboxylic acids is 1. The molecule has 0 unspecified atom stereocenters. The zero-order chi connectivity index (χ0) is 15.8. The zero-order valence-electron chi connectivity index (χ0n) is 11.9. The molecule has 1 aromatic carbocycles. The van der Waals surface area contributed by atoms with Crippen molar-refractivity contribution in [2.45, 2.75) is 25.7 Å². The fraction of sp³-hybridized carbons (Fsp3) is 0.462. The highest BCUT2D eigenvalue weighted by Gasteiger charge is 2.21. The number of nitrogens with one attached hydrogen (secondary N) is 1. The minimum Gasteiger partial charge on any atom is -0.504 e. The Hall–Kier alpha value is -1.87. The number of rotatable bonds is 8. The molecule has 5 N–H and O–H groups in total. The molecule has 8 nitrogen and oxygen atoms in total. The molecule has 0 bridgehead atoms. The van der Waals surface area contributed by atoms with Gasteiger partial charge in [0.2, 0.25) is 5.75 Å². The molecule has 0 aromatic heterocycles. The van der Waals surface area contributed by atoms with Crippen molar-refractivity contribution in [2.75, 3.05) is 13.1 Å². The summed E-state index contributed by atoms with van der Waals surface area (Å²) in [4.78, 5) is 21.7. The summed E-state index contributed by atoms with van der Waals surface area (Å²) in [5.74, 6) is -2.08. The highest BCUT2D eigenvalue weighted by atomic mass is 79.9. The van der Waals surface area contributed by atoms with Crippen LogP contribution in [0, 0.1) is 10.1 Å². The molecule has 0 heterocycles. The lowest BCUT2D eigenvalue weighted by Gasteiger charge is -2.06. The van der Waals surface area contributed by atoms with E-state index in [9.17, 15) is 25.1 Å². The Kier molecular flexibility index (Phi) is 9.11. The number of hydrogen-bond acceptors (Lipinski definition) is 6. The van der Waals surface area contributed by atoms with E-state index >= 15 is 0 Å². The van der Waals surface area contributed by atoms with Crippen molar-refractivity contribution in [1.82, 2.24) is 5.32 Å². The molecule has 0 aliphatic heterocycles. The standard InChI is InChI=1S/C13H19N3O5.BrH/c14-5-3-1-2-4-6-15-13(19)9-7-10(16(20)21)12(18)11(17)8-9;/h7-8,17-18H,1-6,14H2,(H,15,19);1H. The average molecular weight is 378 g/mol. The van der Waals surface area contributed by atoms with Gasteiger partial charge in [-0.05, 0) is 25.5 Å². The number of phenolic OH excluding ortho intramolecular Hbond substituents is 2. The number of hydrogen-bond donors (Lipinski definition) is 4. The number of nitrogens with zero attached hydrogens (tertiary/aromatic N) is 1. The van der Waals surface area contributed by atoms with Crippen LogP contribution in [0.3, 0.4) is 0 Å². The fourth-order valence-electron chi connectivity index (χ4n) is 1.80. The van der Waals surface area contributed by atoms with Crippen LogP contribution in [0.15, 0.2) is 12.1 Å². The van der Waals surface area contributed by atoms with E-state index < -0.39 is 28.0 Å². The third kappa shape index (κ3) is 5.86. The van der Waals surface area contributed by atoms with Gasteiger partial charge in [-0.3, -0.25) is 14.9 Å². The van der Waals surface area contributed by atoms with Crippen LogP contribution < -0.4 is 11.1 Å². The van der Waals surface area contributed by atoms with Gasteiger partial charge in [0.1, 0.15) is 0 Å². The minimum absolute atomic E-state index is 0. The highest BCUT2D eigenvalue weighted by Crippen LogP contribution is 2.35. The van der Waals surface area contributed by atoms with Gasteiger partial charge >= 0.3 is 5.69 Å². The van der Waals surface area contributed by atoms with Gasteiger partial charge in [-0.2, -0.15) is 0 Å². The first kappa shape index (κ1) is 20.1. The second kappa shape index (κ2) is 9.96. The van der Waals surface area contributed by atoms with Crippen molar-refractivity contribution in [2.24, 2.45) is 5.73 Å². The predicted molar refractivity (Wildman–Crippen MR) is 86.6 cm³/mol. The summed E-state index contributed by atoms with van der Waals surface area (Å²) in [5, 5.41) is 32.0. The van der Waals surface area contributed by atoms with E-state index in [1.165, 1.54) is 0 Å². The molecular formula is C13H20BrN3O5. The van der Waals surface area contributed by atoms with E-state index in [0.29, 0.717) is 13.1 Å². The molecule has 0 saturated carbocycles.